The standard InChI is InChI=1S/C46H58N4O15S4/c1-45(2)36-31-34(68(60,61)62)19-21-38(36)48(27-29-66(54,55)56)40(45)16-11-14-33(13-7-8-18-42(51)47-25-9-5-6-10-26-50-43(52)23-24-44(50)53)15-12-17-41-46(3,4)37-32-35(69(63,64)65)20-22-39(37)49(41)28-30-67(57,58)59/h11-12,14-17,19-24,31-32H,5-10,13,18,25-30H2,1-4H3,(H4-,47,51,54,55,56,57,58,59,60,61,62,63,64,65)/p+1. The molecule has 2 aromatic rings. The average molecular weight is 1040 g/mol. The van der Waals surface area contributed by atoms with Crippen LogP contribution in [-0.4, -0.2) is 122 Å². The predicted molar refractivity (Wildman–Crippen MR) is 259 cm³/mol. The first-order valence-corrected chi connectivity index (χ1v) is 28.2. The zero-order valence-corrected chi connectivity index (χ0v) is 42.0. The van der Waals surface area contributed by atoms with Crippen LogP contribution in [0, 0.1) is 0 Å². The molecule has 3 aliphatic heterocycles. The Morgan fingerprint density at radius 2 is 1.28 bits per heavy atom. The second-order valence-electron chi connectivity index (χ2n) is 18.0. The van der Waals surface area contributed by atoms with Crippen molar-refractivity contribution in [3.63, 3.8) is 0 Å². The van der Waals surface area contributed by atoms with Gasteiger partial charge in [-0.05, 0) is 93.5 Å². The zero-order valence-electron chi connectivity index (χ0n) is 38.7. The summed E-state index contributed by atoms with van der Waals surface area (Å²) in [5.74, 6) is -2.05. The summed E-state index contributed by atoms with van der Waals surface area (Å²) >= 11 is 0. The third-order valence-corrected chi connectivity index (χ3v) is 15.3. The Morgan fingerprint density at radius 1 is 0.681 bits per heavy atom. The number of anilines is 1. The molecule has 0 saturated heterocycles. The third kappa shape index (κ3) is 14.5. The predicted octanol–water partition coefficient (Wildman–Crippen LogP) is 5.21. The summed E-state index contributed by atoms with van der Waals surface area (Å²) in [6.45, 7) is 7.61. The van der Waals surface area contributed by atoms with Gasteiger partial charge in [0.05, 0.1) is 21.0 Å². The fraction of sp³-hybridized carbons (Fsp3) is 0.435. The highest BCUT2D eigenvalue weighted by Gasteiger charge is 2.45. The molecule has 0 unspecified atom stereocenters. The van der Waals surface area contributed by atoms with Crippen LogP contribution >= 0.6 is 0 Å². The molecule has 2 aromatic carbocycles. The number of nitrogens with zero attached hydrogens (tertiary/aromatic N) is 3. The maximum absolute atomic E-state index is 12.8. The third-order valence-electron chi connectivity index (χ3n) is 12.2. The van der Waals surface area contributed by atoms with Gasteiger partial charge in [0, 0.05) is 72.7 Å². The highest BCUT2D eigenvalue weighted by atomic mass is 32.2. The van der Waals surface area contributed by atoms with Crippen molar-refractivity contribution in [2.75, 3.05) is 42.6 Å². The molecule has 0 spiro atoms. The van der Waals surface area contributed by atoms with Gasteiger partial charge in [-0.1, -0.05) is 51.0 Å². The number of carbonyl (C=O) groups excluding carboxylic acids is 3. The van der Waals surface area contributed by atoms with Crippen molar-refractivity contribution in [2.45, 2.75) is 99.7 Å². The van der Waals surface area contributed by atoms with Crippen molar-refractivity contribution < 1.29 is 70.8 Å². The number of amides is 3. The topological polar surface area (TPSA) is 290 Å². The van der Waals surface area contributed by atoms with E-state index in [-0.39, 0.29) is 47.0 Å². The van der Waals surface area contributed by atoms with Gasteiger partial charge in [0.25, 0.3) is 52.3 Å². The van der Waals surface area contributed by atoms with E-state index in [9.17, 15) is 66.3 Å². The van der Waals surface area contributed by atoms with Crippen LogP contribution in [0.4, 0.5) is 11.4 Å². The Balaban J connectivity index is 1.38. The highest BCUT2D eigenvalue weighted by molar-refractivity contribution is 7.86. The normalized spacial score (nSPS) is 17.9. The lowest BCUT2D eigenvalue weighted by Gasteiger charge is -2.26. The van der Waals surface area contributed by atoms with Gasteiger partial charge >= 0.3 is 0 Å². The Kier molecular flexibility index (Phi) is 17.4. The fourth-order valence-electron chi connectivity index (χ4n) is 8.60. The molecule has 3 heterocycles. The Bertz CT molecular complexity index is 2990. The molecule has 0 bridgehead atoms. The first kappa shape index (κ1) is 54.8. The van der Waals surface area contributed by atoms with Crippen LogP contribution in [0.5, 0.6) is 0 Å². The van der Waals surface area contributed by atoms with Crippen molar-refractivity contribution in [2.24, 2.45) is 0 Å². The summed E-state index contributed by atoms with van der Waals surface area (Å²) in [7, 11) is -18.0. The van der Waals surface area contributed by atoms with Crippen LogP contribution in [-0.2, 0) is 65.7 Å². The van der Waals surface area contributed by atoms with E-state index in [1.54, 1.807) is 73.6 Å². The first-order chi connectivity index (χ1) is 32.0. The summed E-state index contributed by atoms with van der Waals surface area (Å²) < 4.78 is 136. The van der Waals surface area contributed by atoms with E-state index in [4.69, 9.17) is 0 Å². The lowest BCUT2D eigenvalue weighted by Crippen LogP contribution is -2.30. The maximum Gasteiger partial charge on any atom is 0.294 e. The summed E-state index contributed by atoms with van der Waals surface area (Å²) in [6, 6.07) is 7.92. The minimum Gasteiger partial charge on any atom is -0.356 e. The van der Waals surface area contributed by atoms with Crippen LogP contribution in [0.25, 0.3) is 0 Å². The number of nitrogens with one attached hydrogen (secondary N) is 1. The van der Waals surface area contributed by atoms with E-state index in [1.807, 2.05) is 0 Å². The second kappa shape index (κ2) is 21.9. The average Bonchev–Trinajstić information content (AvgIpc) is 3.76. The monoisotopic (exact) mass is 1040 g/mol. The molecule has 0 aromatic heterocycles. The van der Waals surface area contributed by atoms with E-state index < -0.39 is 62.8 Å². The van der Waals surface area contributed by atoms with E-state index in [0.717, 1.165) is 24.8 Å². The van der Waals surface area contributed by atoms with E-state index in [2.05, 4.69) is 5.32 Å². The van der Waals surface area contributed by atoms with Gasteiger partial charge in [-0.3, -0.25) is 37.5 Å². The number of carbonyl (C=O) groups is 3. The zero-order chi connectivity index (χ0) is 51.2. The molecule has 0 fully saturated rings. The summed E-state index contributed by atoms with van der Waals surface area (Å²) in [5.41, 5.74) is 1.89. The smallest absolute Gasteiger partial charge is 0.294 e. The quantitative estimate of drug-likeness (QED) is 0.0296. The lowest BCUT2D eigenvalue weighted by atomic mass is 9.81. The summed E-state index contributed by atoms with van der Waals surface area (Å²) in [4.78, 5) is 38.3. The highest BCUT2D eigenvalue weighted by Crippen LogP contribution is 2.48. The van der Waals surface area contributed by atoms with Gasteiger partial charge < -0.3 is 10.2 Å². The molecular weight excluding hydrogens is 977 g/mol. The van der Waals surface area contributed by atoms with Crippen molar-refractivity contribution >= 4 is 75.3 Å². The van der Waals surface area contributed by atoms with Crippen LogP contribution in [0.1, 0.15) is 90.2 Å². The van der Waals surface area contributed by atoms with E-state index in [0.29, 0.717) is 72.7 Å². The number of benzene rings is 2. The SMILES string of the molecule is CC1(C)C(/C=C/C=C(/C=C/C=C2/N(CCS(=O)(=O)O)c3ccc(S(=O)(=O)O)cc3C2(C)C)CCCCC(=O)NCCCCCCN2C(=O)C=CC2=O)=[N+](CCS(=O)(=O)O)c2ccc(S(=O)(=O)O)cc21. The van der Waals surface area contributed by atoms with Gasteiger partial charge in [-0.2, -0.15) is 38.2 Å². The first-order valence-electron chi connectivity index (χ1n) is 22.1. The molecule has 3 amide bonds. The van der Waals surface area contributed by atoms with Crippen molar-refractivity contribution in [1.82, 2.24) is 10.2 Å². The number of unbranched alkanes of at least 4 members (excludes halogenated alkanes) is 4. The minimum atomic E-state index is -4.59. The molecule has 376 valence electrons. The number of rotatable bonds is 24. The van der Waals surface area contributed by atoms with Crippen LogP contribution in [0.2, 0.25) is 0 Å². The maximum atomic E-state index is 12.8. The van der Waals surface area contributed by atoms with Gasteiger partial charge in [0.2, 0.25) is 11.6 Å². The fourth-order valence-corrected chi connectivity index (χ4v) is 10.4. The minimum absolute atomic E-state index is 0.133. The molecular formula is C46H59N4O15S4+. The van der Waals surface area contributed by atoms with Crippen LogP contribution in [0.3, 0.4) is 0 Å². The van der Waals surface area contributed by atoms with Crippen molar-refractivity contribution in [3.8, 4) is 0 Å². The Hall–Kier alpha value is -5.14. The number of hydrogen-bond donors (Lipinski definition) is 5. The number of hydrogen-bond acceptors (Lipinski definition) is 12. The molecule has 23 heteroatoms. The molecule has 5 rings (SSSR count). The number of imide groups is 1. The molecule has 0 saturated carbocycles. The largest absolute Gasteiger partial charge is 0.356 e. The van der Waals surface area contributed by atoms with Crippen LogP contribution in [0.15, 0.2) is 106 Å². The summed E-state index contributed by atoms with van der Waals surface area (Å²) in [5, 5.41) is 2.92. The van der Waals surface area contributed by atoms with E-state index >= 15 is 0 Å². The summed E-state index contributed by atoms with van der Waals surface area (Å²) in [6.07, 6.45) is 17.7. The molecule has 0 radical (unpaired) electrons. The molecule has 3 aliphatic rings. The molecule has 5 N–H and O–H groups in total. The number of fused-ring (bicyclic) bond motifs is 2. The molecule has 0 aliphatic carbocycles. The Morgan fingerprint density at radius 3 is 1.90 bits per heavy atom. The van der Waals surface area contributed by atoms with Crippen molar-refractivity contribution in [1.29, 1.82) is 0 Å². The molecule has 19 nitrogen and oxygen atoms in total. The second-order valence-corrected chi connectivity index (χ2v) is 24.0. The van der Waals surface area contributed by atoms with Crippen molar-refractivity contribution in [3.05, 3.63) is 107 Å². The lowest BCUT2D eigenvalue weighted by molar-refractivity contribution is -0.432. The van der Waals surface area contributed by atoms with Crippen LogP contribution < -0.4 is 10.2 Å². The van der Waals surface area contributed by atoms with Gasteiger partial charge in [-0.15, -0.1) is 0 Å². The Labute approximate surface area is 404 Å². The molecule has 69 heavy (non-hydrogen) atoms. The molecule has 0 atom stereocenters. The van der Waals surface area contributed by atoms with Gasteiger partial charge in [0.1, 0.15) is 5.75 Å². The van der Waals surface area contributed by atoms with Gasteiger partial charge in [0.15, 0.2) is 12.3 Å². The van der Waals surface area contributed by atoms with Gasteiger partial charge in [-0.25, -0.2) is 0 Å². The number of allylic oxidation sites excluding steroid dienone is 8. The van der Waals surface area contributed by atoms with E-state index in [1.165, 1.54) is 53.5 Å².